The lowest BCUT2D eigenvalue weighted by Crippen LogP contribution is -2.42. The minimum Gasteiger partial charge on any atom is -0.406 e. The summed E-state index contributed by atoms with van der Waals surface area (Å²) in [5.41, 5.74) is 1.35. The molecule has 0 saturated carbocycles. The van der Waals surface area contributed by atoms with Crippen molar-refractivity contribution < 1.29 is 44.5 Å². The molecule has 0 bridgehead atoms. The molecular formula is C25H20F7NO3S. The van der Waals surface area contributed by atoms with E-state index >= 15 is 0 Å². The zero-order valence-electron chi connectivity index (χ0n) is 19.1. The Kier molecular flexibility index (Phi) is 8.62. The molecule has 0 spiro atoms. The van der Waals surface area contributed by atoms with Gasteiger partial charge >= 0.3 is 18.4 Å². The van der Waals surface area contributed by atoms with E-state index in [0.29, 0.717) is 16.7 Å². The molecule has 1 N–H and O–H groups in total. The highest BCUT2D eigenvalue weighted by molar-refractivity contribution is 7.85. The number of alkyl halides is 6. The SMILES string of the molecule is C[C@H](NC(=O)C(F)(F)F)C1=CCC=C(Cc2ccc(OC(F)(F)F)cc2S(=O)c2ccccc2F)C=C1. The number of ether oxygens (including phenoxy) is 1. The van der Waals surface area contributed by atoms with Crippen molar-refractivity contribution in [1.82, 2.24) is 5.32 Å². The van der Waals surface area contributed by atoms with Crippen LogP contribution in [0.4, 0.5) is 30.7 Å². The summed E-state index contributed by atoms with van der Waals surface area (Å²) in [7, 11) is -2.19. The maximum atomic E-state index is 14.3. The van der Waals surface area contributed by atoms with Gasteiger partial charge in [-0.3, -0.25) is 4.79 Å². The van der Waals surface area contributed by atoms with Crippen molar-refractivity contribution in [3.05, 3.63) is 89.3 Å². The zero-order valence-corrected chi connectivity index (χ0v) is 19.9. The topological polar surface area (TPSA) is 55.4 Å². The van der Waals surface area contributed by atoms with Crippen LogP contribution in [0.2, 0.25) is 0 Å². The minimum atomic E-state index is -5.03. The number of halogens is 7. The minimum absolute atomic E-state index is 0.0722. The van der Waals surface area contributed by atoms with Gasteiger partial charge in [0.25, 0.3) is 0 Å². The monoisotopic (exact) mass is 547 g/mol. The Hall–Kier alpha value is -3.41. The average molecular weight is 547 g/mol. The molecule has 1 unspecified atom stereocenters. The Morgan fingerprint density at radius 3 is 2.38 bits per heavy atom. The van der Waals surface area contributed by atoms with Gasteiger partial charge in [0.05, 0.1) is 26.6 Å². The summed E-state index contributed by atoms with van der Waals surface area (Å²) >= 11 is 0. The van der Waals surface area contributed by atoms with Crippen LogP contribution in [0.1, 0.15) is 18.9 Å². The smallest absolute Gasteiger partial charge is 0.406 e. The second-order valence-electron chi connectivity index (χ2n) is 7.94. The van der Waals surface area contributed by atoms with E-state index in [2.05, 4.69) is 4.74 Å². The highest BCUT2D eigenvalue weighted by atomic mass is 32.2. The van der Waals surface area contributed by atoms with Crippen molar-refractivity contribution in [2.75, 3.05) is 0 Å². The zero-order chi connectivity index (χ0) is 27.4. The maximum Gasteiger partial charge on any atom is 0.573 e. The van der Waals surface area contributed by atoms with Crippen LogP contribution in [-0.2, 0) is 22.0 Å². The van der Waals surface area contributed by atoms with E-state index in [0.717, 1.165) is 18.2 Å². The Balaban J connectivity index is 1.87. The highest BCUT2D eigenvalue weighted by Gasteiger charge is 2.39. The number of hydrogen-bond acceptors (Lipinski definition) is 3. The molecular weight excluding hydrogens is 527 g/mol. The fourth-order valence-corrected chi connectivity index (χ4v) is 4.77. The quantitative estimate of drug-likeness (QED) is 0.414. The lowest BCUT2D eigenvalue weighted by Gasteiger charge is -2.16. The van der Waals surface area contributed by atoms with E-state index in [4.69, 9.17) is 0 Å². The van der Waals surface area contributed by atoms with Crippen LogP contribution in [0.3, 0.4) is 0 Å². The molecule has 2 aromatic rings. The number of rotatable bonds is 7. The summed E-state index contributed by atoms with van der Waals surface area (Å²) in [6.07, 6.45) is -3.25. The van der Waals surface area contributed by atoms with Gasteiger partial charge in [-0.25, -0.2) is 8.60 Å². The molecule has 1 amide bonds. The summed E-state index contributed by atoms with van der Waals surface area (Å²) in [6.45, 7) is 1.39. The molecule has 0 aromatic heterocycles. The molecule has 0 radical (unpaired) electrons. The van der Waals surface area contributed by atoms with E-state index in [-0.39, 0.29) is 22.6 Å². The lowest BCUT2D eigenvalue weighted by atomic mass is 10.0. The summed E-state index contributed by atoms with van der Waals surface area (Å²) in [4.78, 5) is 10.9. The number of allylic oxidation sites excluding steroid dienone is 4. The summed E-state index contributed by atoms with van der Waals surface area (Å²) in [5, 5.41) is 1.87. The van der Waals surface area contributed by atoms with Gasteiger partial charge in [0.1, 0.15) is 11.6 Å². The van der Waals surface area contributed by atoms with Crippen LogP contribution < -0.4 is 10.1 Å². The molecule has 4 nitrogen and oxygen atoms in total. The standard InChI is InChI=1S/C25H20F7NO3S/c1-15(33-23(34)24(27,28)29)17-6-4-5-16(9-10-17)13-18-11-12-19(36-25(30,31)32)14-22(18)37(35)21-8-3-2-7-20(21)26/h2-3,5-12,14-15H,4,13H2,1H3,(H,33,34)/t15-,37?/m0/s1. The predicted octanol–water partition coefficient (Wildman–Crippen LogP) is 6.31. The van der Waals surface area contributed by atoms with Crippen molar-refractivity contribution in [2.24, 2.45) is 0 Å². The summed E-state index contributed by atoms with van der Waals surface area (Å²) < 4.78 is 107. The lowest BCUT2D eigenvalue weighted by molar-refractivity contribution is -0.274. The fraction of sp³-hybridized carbons (Fsp3) is 0.240. The molecule has 0 fully saturated rings. The van der Waals surface area contributed by atoms with Crippen molar-refractivity contribution >= 4 is 16.7 Å². The molecule has 12 heteroatoms. The second-order valence-corrected chi connectivity index (χ2v) is 9.36. The molecule has 37 heavy (non-hydrogen) atoms. The Morgan fingerprint density at radius 2 is 1.73 bits per heavy atom. The third kappa shape index (κ3) is 7.78. The van der Waals surface area contributed by atoms with Crippen molar-refractivity contribution in [3.63, 3.8) is 0 Å². The molecule has 0 aliphatic heterocycles. The van der Waals surface area contributed by atoms with E-state index in [9.17, 15) is 39.7 Å². The second kappa shape index (κ2) is 11.3. The first-order chi connectivity index (χ1) is 17.2. The molecule has 2 aromatic carbocycles. The van der Waals surface area contributed by atoms with Crippen molar-refractivity contribution in [2.45, 2.75) is 48.1 Å². The van der Waals surface area contributed by atoms with Gasteiger partial charge in [0.15, 0.2) is 0 Å². The van der Waals surface area contributed by atoms with Gasteiger partial charge in [0.2, 0.25) is 0 Å². The molecule has 3 rings (SSSR count). The van der Waals surface area contributed by atoms with Crippen LogP contribution >= 0.6 is 0 Å². The third-order valence-corrected chi connectivity index (χ3v) is 6.74. The number of benzene rings is 2. The molecule has 2 atom stereocenters. The van der Waals surface area contributed by atoms with Gasteiger partial charge in [-0.15, -0.1) is 13.2 Å². The van der Waals surface area contributed by atoms with Gasteiger partial charge in [-0.1, -0.05) is 42.5 Å². The largest absolute Gasteiger partial charge is 0.573 e. The van der Waals surface area contributed by atoms with Gasteiger partial charge in [-0.05, 0) is 60.7 Å². The van der Waals surface area contributed by atoms with Crippen LogP contribution in [0.5, 0.6) is 5.75 Å². The Morgan fingerprint density at radius 1 is 1.03 bits per heavy atom. The van der Waals surface area contributed by atoms with Gasteiger partial charge in [0, 0.05) is 0 Å². The maximum absolute atomic E-state index is 14.3. The van der Waals surface area contributed by atoms with E-state index < -0.39 is 46.9 Å². The first-order valence-corrected chi connectivity index (χ1v) is 11.9. The molecule has 1 aliphatic rings. The van der Waals surface area contributed by atoms with Gasteiger partial charge < -0.3 is 10.1 Å². The average Bonchev–Trinajstić information content (AvgIpc) is 3.04. The molecule has 0 saturated heterocycles. The van der Waals surface area contributed by atoms with Crippen LogP contribution in [-0.4, -0.2) is 28.7 Å². The first kappa shape index (κ1) is 28.2. The molecule has 1 aliphatic carbocycles. The number of hydrogen-bond donors (Lipinski definition) is 1. The third-order valence-electron chi connectivity index (χ3n) is 5.23. The Labute approximate surface area is 210 Å². The Bertz CT molecular complexity index is 1280. The highest BCUT2D eigenvalue weighted by Crippen LogP contribution is 2.31. The number of carbonyl (C=O) groups excluding carboxylic acids is 1. The van der Waals surface area contributed by atoms with E-state index in [1.165, 1.54) is 37.3 Å². The number of nitrogens with one attached hydrogen (secondary N) is 1. The van der Waals surface area contributed by atoms with E-state index in [1.54, 1.807) is 18.2 Å². The van der Waals surface area contributed by atoms with E-state index in [1.807, 2.05) is 5.32 Å². The van der Waals surface area contributed by atoms with Crippen LogP contribution in [0.25, 0.3) is 0 Å². The van der Waals surface area contributed by atoms with Crippen molar-refractivity contribution in [1.29, 1.82) is 0 Å². The molecule has 0 heterocycles. The number of carbonyl (C=O) groups is 1. The normalized spacial score (nSPS) is 15.8. The van der Waals surface area contributed by atoms with Crippen molar-refractivity contribution in [3.8, 4) is 5.75 Å². The fourth-order valence-electron chi connectivity index (χ4n) is 3.48. The van der Waals surface area contributed by atoms with Crippen LogP contribution in [0, 0.1) is 5.82 Å². The predicted molar refractivity (Wildman–Crippen MR) is 121 cm³/mol. The first-order valence-electron chi connectivity index (χ1n) is 10.7. The van der Waals surface area contributed by atoms with Crippen LogP contribution in [0.15, 0.2) is 87.7 Å². The molecule has 198 valence electrons. The number of amides is 1. The summed E-state index contributed by atoms with van der Waals surface area (Å²) in [6, 6.07) is 7.47. The van der Waals surface area contributed by atoms with Gasteiger partial charge in [-0.2, -0.15) is 13.2 Å². The summed E-state index contributed by atoms with van der Waals surface area (Å²) in [5.74, 6) is -3.50.